The summed E-state index contributed by atoms with van der Waals surface area (Å²) in [5.41, 5.74) is 1.18. The van der Waals surface area contributed by atoms with Gasteiger partial charge in [-0.05, 0) is 26.0 Å². The molecule has 1 N–H and O–H groups in total. The maximum atomic E-state index is 12.2. The molecule has 1 rings (SSSR count). The molecule has 0 atom stereocenters. The SMILES string of the molecule is COC(=O)c1cc(C)ccc1N/C(C)=C/C(=O)C(F)(F)F. The lowest BCUT2D eigenvalue weighted by Crippen LogP contribution is -2.21. The lowest BCUT2D eigenvalue weighted by Gasteiger charge is -2.12. The molecule has 21 heavy (non-hydrogen) atoms. The number of ether oxygens (including phenoxy) is 1. The molecule has 0 amide bonds. The lowest BCUT2D eigenvalue weighted by molar-refractivity contribution is -0.165. The van der Waals surface area contributed by atoms with Crippen molar-refractivity contribution in [2.24, 2.45) is 0 Å². The molecule has 0 aliphatic rings. The fourth-order valence-electron chi connectivity index (χ4n) is 1.57. The first kappa shape index (κ1) is 16.7. The Morgan fingerprint density at radius 2 is 1.90 bits per heavy atom. The highest BCUT2D eigenvalue weighted by molar-refractivity contribution is 5.97. The van der Waals surface area contributed by atoms with Crippen LogP contribution in [-0.4, -0.2) is 25.0 Å². The number of allylic oxidation sites excluding steroid dienone is 2. The highest BCUT2D eigenvalue weighted by atomic mass is 19.4. The van der Waals surface area contributed by atoms with Crippen LogP contribution in [0.4, 0.5) is 18.9 Å². The predicted octanol–water partition coefficient (Wildman–Crippen LogP) is 3.23. The summed E-state index contributed by atoms with van der Waals surface area (Å²) in [7, 11) is 1.20. The third kappa shape index (κ3) is 4.62. The Labute approximate surface area is 119 Å². The number of ketones is 1. The smallest absolute Gasteiger partial charge is 0.454 e. The van der Waals surface area contributed by atoms with Gasteiger partial charge in [-0.2, -0.15) is 13.2 Å². The van der Waals surface area contributed by atoms with Gasteiger partial charge in [0.2, 0.25) is 0 Å². The van der Waals surface area contributed by atoms with Crippen molar-refractivity contribution in [2.75, 3.05) is 12.4 Å². The molecule has 1 aromatic rings. The minimum atomic E-state index is -4.93. The minimum absolute atomic E-state index is 0.0358. The topological polar surface area (TPSA) is 55.4 Å². The summed E-state index contributed by atoms with van der Waals surface area (Å²) in [6.07, 6.45) is -4.50. The molecule has 0 saturated heterocycles. The van der Waals surface area contributed by atoms with Crippen molar-refractivity contribution in [1.82, 2.24) is 0 Å². The third-order valence-electron chi connectivity index (χ3n) is 2.54. The Kier molecular flexibility index (Phi) is 5.12. The van der Waals surface area contributed by atoms with E-state index >= 15 is 0 Å². The molecule has 0 unspecified atom stereocenters. The largest absolute Gasteiger partial charge is 0.465 e. The number of carbonyl (C=O) groups excluding carboxylic acids is 2. The second-order valence-electron chi connectivity index (χ2n) is 4.35. The molecule has 0 aliphatic carbocycles. The normalized spacial score (nSPS) is 12.0. The van der Waals surface area contributed by atoms with Crippen molar-refractivity contribution < 1.29 is 27.5 Å². The average molecular weight is 301 g/mol. The van der Waals surface area contributed by atoms with Crippen molar-refractivity contribution >= 4 is 17.4 Å². The highest BCUT2D eigenvalue weighted by Gasteiger charge is 2.36. The van der Waals surface area contributed by atoms with Gasteiger partial charge >= 0.3 is 12.1 Å². The number of hydrogen-bond donors (Lipinski definition) is 1. The first-order valence-corrected chi connectivity index (χ1v) is 5.90. The molecule has 0 radical (unpaired) electrons. The van der Waals surface area contributed by atoms with Crippen molar-refractivity contribution in [3.8, 4) is 0 Å². The van der Waals surface area contributed by atoms with E-state index in [-0.39, 0.29) is 16.9 Å². The number of anilines is 1. The number of carbonyl (C=O) groups is 2. The van der Waals surface area contributed by atoms with Gasteiger partial charge in [0.15, 0.2) is 0 Å². The summed E-state index contributed by atoms with van der Waals surface area (Å²) in [4.78, 5) is 22.5. The van der Waals surface area contributed by atoms with Crippen LogP contribution in [0, 0.1) is 6.92 Å². The van der Waals surface area contributed by atoms with Crippen LogP contribution < -0.4 is 5.32 Å². The van der Waals surface area contributed by atoms with E-state index in [4.69, 9.17) is 0 Å². The van der Waals surface area contributed by atoms with Crippen molar-refractivity contribution in [3.05, 3.63) is 41.1 Å². The van der Waals surface area contributed by atoms with Crippen molar-refractivity contribution in [1.29, 1.82) is 0 Å². The Balaban J connectivity index is 3.05. The van der Waals surface area contributed by atoms with Gasteiger partial charge in [-0.25, -0.2) is 4.79 Å². The molecule has 7 heteroatoms. The molecule has 1 aromatic carbocycles. The minimum Gasteiger partial charge on any atom is -0.465 e. The van der Waals surface area contributed by atoms with Crippen LogP contribution in [0.2, 0.25) is 0 Å². The van der Waals surface area contributed by atoms with Gasteiger partial charge in [-0.15, -0.1) is 0 Å². The van der Waals surface area contributed by atoms with Crippen LogP contribution in [0.25, 0.3) is 0 Å². The van der Waals surface area contributed by atoms with E-state index in [0.717, 1.165) is 5.56 Å². The van der Waals surface area contributed by atoms with E-state index in [1.165, 1.54) is 26.2 Å². The Morgan fingerprint density at radius 1 is 1.29 bits per heavy atom. The van der Waals surface area contributed by atoms with E-state index in [9.17, 15) is 22.8 Å². The van der Waals surface area contributed by atoms with Crippen molar-refractivity contribution in [3.63, 3.8) is 0 Å². The molecule has 0 aromatic heterocycles. The van der Waals surface area contributed by atoms with E-state index in [2.05, 4.69) is 10.1 Å². The Bertz CT molecular complexity index is 592. The Morgan fingerprint density at radius 3 is 2.43 bits per heavy atom. The van der Waals surface area contributed by atoms with Crippen LogP contribution >= 0.6 is 0 Å². The number of aryl methyl sites for hydroxylation is 1. The summed E-state index contributed by atoms with van der Waals surface area (Å²) in [5.74, 6) is -2.60. The van der Waals surface area contributed by atoms with Crippen LogP contribution in [0.15, 0.2) is 30.0 Å². The van der Waals surface area contributed by atoms with Crippen molar-refractivity contribution in [2.45, 2.75) is 20.0 Å². The summed E-state index contributed by atoms with van der Waals surface area (Å²) in [6.45, 7) is 3.05. The van der Waals surface area contributed by atoms with Crippen LogP contribution in [-0.2, 0) is 9.53 Å². The molecule has 0 heterocycles. The first-order valence-electron chi connectivity index (χ1n) is 5.90. The number of esters is 1. The average Bonchev–Trinajstić information content (AvgIpc) is 2.38. The molecule has 0 fully saturated rings. The maximum Gasteiger partial charge on any atom is 0.454 e. The van der Waals surface area contributed by atoms with Gasteiger partial charge in [0.05, 0.1) is 18.4 Å². The van der Waals surface area contributed by atoms with E-state index in [1.807, 2.05) is 0 Å². The second kappa shape index (κ2) is 6.43. The van der Waals surface area contributed by atoms with Crippen LogP contribution in [0.1, 0.15) is 22.8 Å². The third-order valence-corrected chi connectivity index (χ3v) is 2.54. The number of methoxy groups -OCH3 is 1. The zero-order valence-corrected chi connectivity index (χ0v) is 11.7. The fourth-order valence-corrected chi connectivity index (χ4v) is 1.57. The standard InChI is InChI=1S/C14H14F3NO3/c1-8-4-5-11(10(6-8)13(20)21-3)18-9(2)7-12(19)14(15,16)17/h4-7,18H,1-3H3/b9-7+. The summed E-state index contributed by atoms with van der Waals surface area (Å²) in [6, 6.07) is 4.73. The zero-order chi connectivity index (χ0) is 16.2. The maximum absolute atomic E-state index is 12.2. The van der Waals surface area contributed by atoms with Crippen LogP contribution in [0.3, 0.4) is 0 Å². The number of benzene rings is 1. The molecule has 4 nitrogen and oxygen atoms in total. The fraction of sp³-hybridized carbons (Fsp3) is 0.286. The van der Waals surface area contributed by atoms with Gasteiger partial charge in [0.25, 0.3) is 5.78 Å². The van der Waals surface area contributed by atoms with E-state index in [0.29, 0.717) is 6.08 Å². The molecule has 0 bridgehead atoms. The lowest BCUT2D eigenvalue weighted by atomic mass is 10.1. The number of halogens is 3. The van der Waals surface area contributed by atoms with E-state index in [1.54, 1.807) is 13.0 Å². The number of rotatable bonds is 4. The van der Waals surface area contributed by atoms with E-state index < -0.39 is 17.9 Å². The first-order chi connectivity index (χ1) is 9.65. The number of hydrogen-bond acceptors (Lipinski definition) is 4. The molecular formula is C14H14F3NO3. The number of nitrogens with one attached hydrogen (secondary N) is 1. The quantitative estimate of drug-likeness (QED) is 0.685. The molecule has 114 valence electrons. The van der Waals surface area contributed by atoms with Gasteiger partial charge in [0.1, 0.15) is 0 Å². The molecule has 0 spiro atoms. The van der Waals surface area contributed by atoms with Gasteiger partial charge in [0, 0.05) is 11.8 Å². The predicted molar refractivity (Wildman–Crippen MR) is 71.0 cm³/mol. The Hall–Kier alpha value is -2.31. The van der Waals surface area contributed by atoms with Crippen LogP contribution in [0.5, 0.6) is 0 Å². The van der Waals surface area contributed by atoms with Gasteiger partial charge in [-0.3, -0.25) is 4.79 Å². The summed E-state index contributed by atoms with van der Waals surface area (Å²) < 4.78 is 41.1. The van der Waals surface area contributed by atoms with Gasteiger partial charge in [-0.1, -0.05) is 11.6 Å². The molecular weight excluding hydrogens is 287 g/mol. The summed E-state index contributed by atoms with van der Waals surface area (Å²) in [5, 5.41) is 2.60. The second-order valence-corrected chi connectivity index (χ2v) is 4.35. The van der Waals surface area contributed by atoms with Gasteiger partial charge < -0.3 is 10.1 Å². The summed E-state index contributed by atoms with van der Waals surface area (Å²) >= 11 is 0. The zero-order valence-electron chi connectivity index (χ0n) is 11.7. The molecule has 0 saturated carbocycles. The number of alkyl halides is 3. The molecule has 0 aliphatic heterocycles. The highest BCUT2D eigenvalue weighted by Crippen LogP contribution is 2.21. The monoisotopic (exact) mass is 301 g/mol.